The summed E-state index contributed by atoms with van der Waals surface area (Å²) < 4.78 is 1.90. The van der Waals surface area contributed by atoms with E-state index >= 15 is 0 Å². The molecule has 20 heavy (non-hydrogen) atoms. The van der Waals surface area contributed by atoms with Crippen molar-refractivity contribution in [3.8, 4) is 0 Å². The monoisotopic (exact) mass is 265 g/mol. The van der Waals surface area contributed by atoms with Crippen LogP contribution < -0.4 is 5.32 Å². The first-order valence-corrected chi connectivity index (χ1v) is 6.42. The Morgan fingerprint density at radius 1 is 1.20 bits per heavy atom. The molecule has 4 heteroatoms. The van der Waals surface area contributed by atoms with Crippen molar-refractivity contribution >= 4 is 22.6 Å². The summed E-state index contributed by atoms with van der Waals surface area (Å²) >= 11 is 0. The molecule has 1 amide bonds. The van der Waals surface area contributed by atoms with Crippen molar-refractivity contribution in [3.63, 3.8) is 0 Å². The summed E-state index contributed by atoms with van der Waals surface area (Å²) in [5.74, 6) is -0.112. The van der Waals surface area contributed by atoms with Crippen LogP contribution in [0, 0.1) is 6.92 Å². The average molecular weight is 265 g/mol. The van der Waals surface area contributed by atoms with E-state index in [1.54, 1.807) is 12.4 Å². The highest BCUT2D eigenvalue weighted by molar-refractivity contribution is 6.05. The fourth-order valence-electron chi connectivity index (χ4n) is 2.19. The van der Waals surface area contributed by atoms with Gasteiger partial charge in [0.2, 0.25) is 0 Å². The molecule has 0 aliphatic heterocycles. The van der Waals surface area contributed by atoms with E-state index in [-0.39, 0.29) is 5.91 Å². The maximum Gasteiger partial charge on any atom is 0.255 e. The fraction of sp³-hybridized carbons (Fsp3) is 0.125. The highest BCUT2D eigenvalue weighted by Gasteiger charge is 2.08. The zero-order valence-corrected chi connectivity index (χ0v) is 11.4. The Bertz CT molecular complexity index is 789. The SMILES string of the molecule is Cc1cccc(NC(=O)c2ccc3ncn(C)c3c2)c1. The van der Waals surface area contributed by atoms with Crippen LogP contribution in [0.2, 0.25) is 0 Å². The highest BCUT2D eigenvalue weighted by atomic mass is 16.1. The molecule has 1 N–H and O–H groups in total. The summed E-state index contributed by atoms with van der Waals surface area (Å²) in [7, 11) is 1.91. The number of fused-ring (bicyclic) bond motifs is 1. The van der Waals surface area contributed by atoms with Gasteiger partial charge in [-0.15, -0.1) is 0 Å². The number of carbonyl (C=O) groups excluding carboxylic acids is 1. The maximum atomic E-state index is 12.3. The molecule has 2 aromatic carbocycles. The zero-order chi connectivity index (χ0) is 14.1. The van der Waals surface area contributed by atoms with Gasteiger partial charge < -0.3 is 9.88 Å². The number of imidazole rings is 1. The van der Waals surface area contributed by atoms with Crippen molar-refractivity contribution in [3.05, 3.63) is 59.9 Å². The van der Waals surface area contributed by atoms with Gasteiger partial charge in [-0.1, -0.05) is 12.1 Å². The van der Waals surface area contributed by atoms with Gasteiger partial charge >= 0.3 is 0 Å². The lowest BCUT2D eigenvalue weighted by molar-refractivity contribution is 0.102. The third kappa shape index (κ3) is 2.28. The minimum Gasteiger partial charge on any atom is -0.334 e. The molecule has 0 radical (unpaired) electrons. The van der Waals surface area contributed by atoms with E-state index in [4.69, 9.17) is 0 Å². The third-order valence-electron chi connectivity index (χ3n) is 3.26. The number of nitrogens with zero attached hydrogens (tertiary/aromatic N) is 2. The van der Waals surface area contributed by atoms with Gasteiger partial charge in [-0.2, -0.15) is 0 Å². The smallest absolute Gasteiger partial charge is 0.255 e. The van der Waals surface area contributed by atoms with Crippen molar-refractivity contribution in [2.24, 2.45) is 7.05 Å². The molecule has 3 aromatic rings. The fourth-order valence-corrected chi connectivity index (χ4v) is 2.19. The van der Waals surface area contributed by atoms with Gasteiger partial charge in [0.15, 0.2) is 0 Å². The Morgan fingerprint density at radius 2 is 2.05 bits per heavy atom. The van der Waals surface area contributed by atoms with E-state index in [1.165, 1.54) is 0 Å². The van der Waals surface area contributed by atoms with E-state index in [9.17, 15) is 4.79 Å². The number of aryl methyl sites for hydroxylation is 2. The summed E-state index contributed by atoms with van der Waals surface area (Å²) in [6, 6.07) is 13.3. The molecule has 0 unspecified atom stereocenters. The number of rotatable bonds is 2. The molecule has 3 rings (SSSR count). The Balaban J connectivity index is 1.90. The number of hydrogen-bond donors (Lipinski definition) is 1. The molecular weight excluding hydrogens is 250 g/mol. The van der Waals surface area contributed by atoms with Crippen LogP contribution in [0.1, 0.15) is 15.9 Å². The first kappa shape index (κ1) is 12.4. The molecule has 0 saturated carbocycles. The molecule has 0 saturated heterocycles. The maximum absolute atomic E-state index is 12.3. The lowest BCUT2D eigenvalue weighted by Crippen LogP contribution is -2.11. The molecule has 0 bridgehead atoms. The second-order valence-corrected chi connectivity index (χ2v) is 4.88. The molecule has 0 atom stereocenters. The number of anilines is 1. The standard InChI is InChI=1S/C16H15N3O/c1-11-4-3-5-13(8-11)18-16(20)12-6-7-14-15(9-12)19(2)10-17-14/h3-10H,1-2H3,(H,18,20). The van der Waals surface area contributed by atoms with Gasteiger partial charge in [0.1, 0.15) is 0 Å². The van der Waals surface area contributed by atoms with Crippen LogP contribution in [0.25, 0.3) is 11.0 Å². The van der Waals surface area contributed by atoms with Crippen molar-refractivity contribution in [1.29, 1.82) is 0 Å². The predicted molar refractivity (Wildman–Crippen MR) is 79.8 cm³/mol. The topological polar surface area (TPSA) is 46.9 Å². The number of hydrogen-bond acceptors (Lipinski definition) is 2. The van der Waals surface area contributed by atoms with E-state index in [2.05, 4.69) is 10.3 Å². The van der Waals surface area contributed by atoms with Gasteiger partial charge in [0.05, 0.1) is 17.4 Å². The van der Waals surface area contributed by atoms with Gasteiger partial charge in [-0.3, -0.25) is 4.79 Å². The molecule has 1 heterocycles. The predicted octanol–water partition coefficient (Wildman–Crippen LogP) is 3.13. The molecule has 0 spiro atoms. The first-order valence-electron chi connectivity index (χ1n) is 6.42. The summed E-state index contributed by atoms with van der Waals surface area (Å²) in [6.07, 6.45) is 1.74. The number of carbonyl (C=O) groups is 1. The van der Waals surface area contributed by atoms with Crippen LogP contribution in [-0.4, -0.2) is 15.5 Å². The van der Waals surface area contributed by atoms with Crippen molar-refractivity contribution in [2.45, 2.75) is 6.92 Å². The Kier molecular flexibility index (Phi) is 2.99. The van der Waals surface area contributed by atoms with Crippen molar-refractivity contribution in [1.82, 2.24) is 9.55 Å². The lowest BCUT2D eigenvalue weighted by atomic mass is 10.1. The first-order chi connectivity index (χ1) is 9.63. The molecular formula is C16H15N3O. The molecule has 0 aliphatic carbocycles. The number of aromatic nitrogens is 2. The highest BCUT2D eigenvalue weighted by Crippen LogP contribution is 2.16. The zero-order valence-electron chi connectivity index (χ0n) is 11.4. The van der Waals surface area contributed by atoms with Crippen LogP contribution in [0.5, 0.6) is 0 Å². The Hall–Kier alpha value is -2.62. The number of amides is 1. The summed E-state index contributed by atoms with van der Waals surface area (Å²) in [6.45, 7) is 2.00. The van der Waals surface area contributed by atoms with Crippen LogP contribution in [0.3, 0.4) is 0 Å². The van der Waals surface area contributed by atoms with Crippen LogP contribution in [0.4, 0.5) is 5.69 Å². The van der Waals surface area contributed by atoms with Crippen molar-refractivity contribution < 1.29 is 4.79 Å². The van der Waals surface area contributed by atoms with E-state index in [0.717, 1.165) is 22.3 Å². The number of benzene rings is 2. The van der Waals surface area contributed by atoms with Gasteiger partial charge in [-0.25, -0.2) is 4.98 Å². The average Bonchev–Trinajstić information content (AvgIpc) is 2.80. The van der Waals surface area contributed by atoms with Gasteiger partial charge in [-0.05, 0) is 42.8 Å². The third-order valence-corrected chi connectivity index (χ3v) is 3.26. The van der Waals surface area contributed by atoms with E-state index < -0.39 is 0 Å². The molecule has 100 valence electrons. The van der Waals surface area contributed by atoms with E-state index in [1.807, 2.05) is 54.9 Å². The number of nitrogens with one attached hydrogen (secondary N) is 1. The van der Waals surface area contributed by atoms with Gasteiger partial charge in [0.25, 0.3) is 5.91 Å². The Labute approximate surface area is 117 Å². The van der Waals surface area contributed by atoms with Gasteiger partial charge in [0, 0.05) is 18.3 Å². The second kappa shape index (κ2) is 4.81. The summed E-state index contributed by atoms with van der Waals surface area (Å²) in [5, 5.41) is 2.91. The minimum atomic E-state index is -0.112. The van der Waals surface area contributed by atoms with Crippen LogP contribution in [-0.2, 0) is 7.05 Å². The Morgan fingerprint density at radius 3 is 2.85 bits per heavy atom. The van der Waals surface area contributed by atoms with Crippen molar-refractivity contribution in [2.75, 3.05) is 5.32 Å². The largest absolute Gasteiger partial charge is 0.334 e. The normalized spacial score (nSPS) is 10.7. The molecule has 4 nitrogen and oxygen atoms in total. The summed E-state index contributed by atoms with van der Waals surface area (Å²) in [5.41, 5.74) is 4.38. The van der Waals surface area contributed by atoms with E-state index in [0.29, 0.717) is 5.56 Å². The molecule has 0 fully saturated rings. The van der Waals surface area contributed by atoms with Crippen LogP contribution >= 0.6 is 0 Å². The minimum absolute atomic E-state index is 0.112. The van der Waals surface area contributed by atoms with Crippen LogP contribution in [0.15, 0.2) is 48.8 Å². The molecule has 1 aromatic heterocycles. The summed E-state index contributed by atoms with van der Waals surface area (Å²) in [4.78, 5) is 16.5. The quantitative estimate of drug-likeness (QED) is 0.773. The second-order valence-electron chi connectivity index (χ2n) is 4.88. The molecule has 0 aliphatic rings. The lowest BCUT2D eigenvalue weighted by Gasteiger charge is -2.06.